The third kappa shape index (κ3) is 3.64. The molecule has 0 radical (unpaired) electrons. The second kappa shape index (κ2) is 8.24. The van der Waals surface area contributed by atoms with E-state index < -0.39 is 0 Å². The number of aryl methyl sites for hydroxylation is 1. The van der Waals surface area contributed by atoms with Crippen molar-refractivity contribution in [2.24, 2.45) is 7.05 Å². The van der Waals surface area contributed by atoms with Crippen LogP contribution in [-0.2, 0) is 11.8 Å². The molecule has 7 heteroatoms. The van der Waals surface area contributed by atoms with Gasteiger partial charge in [0.15, 0.2) is 11.0 Å². The van der Waals surface area contributed by atoms with Crippen LogP contribution in [0.4, 0.5) is 11.4 Å². The van der Waals surface area contributed by atoms with Crippen molar-refractivity contribution in [3.63, 3.8) is 0 Å². The molecular formula is C24H20N4OS2. The van der Waals surface area contributed by atoms with Crippen molar-refractivity contribution >= 4 is 40.8 Å². The van der Waals surface area contributed by atoms with E-state index in [0.29, 0.717) is 0 Å². The zero-order valence-corrected chi connectivity index (χ0v) is 18.8. The summed E-state index contributed by atoms with van der Waals surface area (Å²) in [5.41, 5.74) is 4.04. The molecule has 3 aromatic carbocycles. The molecule has 31 heavy (non-hydrogen) atoms. The van der Waals surface area contributed by atoms with Crippen LogP contribution in [0.25, 0.3) is 11.4 Å². The number of hydrogen-bond donors (Lipinski definition) is 0. The van der Waals surface area contributed by atoms with Gasteiger partial charge in [-0.15, -0.1) is 10.2 Å². The first kappa shape index (κ1) is 19.9. The van der Waals surface area contributed by atoms with Crippen LogP contribution >= 0.6 is 23.5 Å². The summed E-state index contributed by atoms with van der Waals surface area (Å²) >= 11 is 3.11. The number of anilines is 2. The Balaban J connectivity index is 1.41. The van der Waals surface area contributed by atoms with Crippen LogP contribution in [-0.4, -0.2) is 26.4 Å². The predicted octanol–water partition coefficient (Wildman–Crippen LogP) is 5.71. The van der Waals surface area contributed by atoms with Crippen molar-refractivity contribution in [1.29, 1.82) is 0 Å². The zero-order valence-electron chi connectivity index (χ0n) is 17.1. The van der Waals surface area contributed by atoms with E-state index in [-0.39, 0.29) is 11.7 Å². The summed E-state index contributed by atoms with van der Waals surface area (Å²) in [7, 11) is 1.94. The highest BCUT2D eigenvalue weighted by molar-refractivity contribution is 8.00. The normalized spacial score (nSPS) is 12.4. The average Bonchev–Trinajstić information content (AvgIpc) is 3.16. The van der Waals surface area contributed by atoms with E-state index in [1.165, 1.54) is 11.8 Å². The molecule has 0 fully saturated rings. The van der Waals surface area contributed by atoms with Gasteiger partial charge < -0.3 is 4.57 Å². The molecule has 154 valence electrons. The minimum atomic E-state index is 0.0191. The predicted molar refractivity (Wildman–Crippen MR) is 126 cm³/mol. The summed E-state index contributed by atoms with van der Waals surface area (Å²) < 4.78 is 1.95. The van der Waals surface area contributed by atoms with E-state index in [4.69, 9.17) is 0 Å². The Bertz CT molecular complexity index is 1240. The van der Waals surface area contributed by atoms with Crippen molar-refractivity contribution < 1.29 is 4.79 Å². The Morgan fingerprint density at radius 3 is 2.19 bits per heavy atom. The maximum absolute atomic E-state index is 13.4. The number of aromatic nitrogens is 3. The molecule has 1 aliphatic rings. The molecule has 0 saturated heterocycles. The average molecular weight is 445 g/mol. The van der Waals surface area contributed by atoms with Gasteiger partial charge in [-0.1, -0.05) is 72.1 Å². The molecule has 2 heterocycles. The number of carbonyl (C=O) groups excluding carboxylic acids is 1. The summed E-state index contributed by atoms with van der Waals surface area (Å²) in [4.78, 5) is 17.4. The lowest BCUT2D eigenvalue weighted by atomic mass is 10.1. The standard InChI is InChI=1S/C24H20N4OS2/c1-16-9-3-4-10-17(16)23-25-26-24(27(23)2)30-15-22(29)28-18-11-5-7-13-20(18)31-21-14-8-6-12-19(21)28/h3-14H,15H2,1-2H3. The number of thioether (sulfide) groups is 1. The molecule has 5 nitrogen and oxygen atoms in total. The second-order valence-electron chi connectivity index (χ2n) is 7.24. The van der Waals surface area contributed by atoms with Gasteiger partial charge in [0.25, 0.3) is 0 Å². The van der Waals surface area contributed by atoms with Crippen LogP contribution in [0.2, 0.25) is 0 Å². The third-order valence-electron chi connectivity index (χ3n) is 5.23. The number of carbonyl (C=O) groups is 1. The Morgan fingerprint density at radius 2 is 1.52 bits per heavy atom. The highest BCUT2D eigenvalue weighted by Crippen LogP contribution is 2.48. The number of nitrogens with zero attached hydrogens (tertiary/aromatic N) is 4. The summed E-state index contributed by atoms with van der Waals surface area (Å²) in [5.74, 6) is 1.09. The van der Waals surface area contributed by atoms with Crippen molar-refractivity contribution in [3.8, 4) is 11.4 Å². The minimum absolute atomic E-state index is 0.0191. The first-order valence-corrected chi connectivity index (χ1v) is 11.7. The third-order valence-corrected chi connectivity index (χ3v) is 7.36. The van der Waals surface area contributed by atoms with Crippen LogP contribution in [0.5, 0.6) is 0 Å². The van der Waals surface area contributed by atoms with Crippen LogP contribution in [0, 0.1) is 6.92 Å². The first-order chi connectivity index (χ1) is 15.1. The van der Waals surface area contributed by atoms with Gasteiger partial charge >= 0.3 is 0 Å². The Hall–Kier alpha value is -3.03. The van der Waals surface area contributed by atoms with Crippen molar-refractivity contribution in [2.75, 3.05) is 10.7 Å². The zero-order chi connectivity index (χ0) is 21.4. The van der Waals surface area contributed by atoms with Crippen LogP contribution in [0.15, 0.2) is 87.7 Å². The molecular weight excluding hydrogens is 424 g/mol. The fourth-order valence-electron chi connectivity index (χ4n) is 3.66. The Labute approximate surface area is 189 Å². The molecule has 4 aromatic rings. The molecule has 0 spiro atoms. The number of hydrogen-bond acceptors (Lipinski definition) is 5. The van der Waals surface area contributed by atoms with Crippen molar-refractivity contribution in [2.45, 2.75) is 21.9 Å². The molecule has 1 amide bonds. The molecule has 0 bridgehead atoms. The van der Waals surface area contributed by atoms with Gasteiger partial charge in [0, 0.05) is 22.4 Å². The second-order valence-corrected chi connectivity index (χ2v) is 9.26. The summed E-state index contributed by atoms with van der Waals surface area (Å²) in [5, 5.41) is 9.43. The van der Waals surface area contributed by atoms with Crippen LogP contribution < -0.4 is 4.90 Å². The molecule has 1 aliphatic heterocycles. The van der Waals surface area contributed by atoms with E-state index in [0.717, 1.165) is 43.3 Å². The van der Waals surface area contributed by atoms with E-state index in [2.05, 4.69) is 35.3 Å². The van der Waals surface area contributed by atoms with E-state index in [1.54, 1.807) is 11.8 Å². The van der Waals surface area contributed by atoms with Gasteiger partial charge in [0.05, 0.1) is 17.1 Å². The SMILES string of the molecule is Cc1ccccc1-c1nnc(SCC(=O)N2c3ccccc3Sc3ccccc32)n1C. The summed E-state index contributed by atoms with van der Waals surface area (Å²) in [6, 6.07) is 24.2. The topological polar surface area (TPSA) is 51.0 Å². The first-order valence-electron chi connectivity index (χ1n) is 9.90. The summed E-state index contributed by atoms with van der Waals surface area (Å²) in [6.07, 6.45) is 0. The molecule has 0 N–H and O–H groups in total. The minimum Gasteiger partial charge on any atom is -0.305 e. The van der Waals surface area contributed by atoms with Gasteiger partial charge in [-0.2, -0.15) is 0 Å². The molecule has 0 aliphatic carbocycles. The lowest BCUT2D eigenvalue weighted by molar-refractivity contribution is -0.115. The molecule has 0 atom stereocenters. The Morgan fingerprint density at radius 1 is 0.903 bits per heavy atom. The van der Waals surface area contributed by atoms with Crippen LogP contribution in [0.3, 0.4) is 0 Å². The van der Waals surface area contributed by atoms with Gasteiger partial charge in [-0.05, 0) is 36.8 Å². The van der Waals surface area contributed by atoms with Crippen LogP contribution in [0.1, 0.15) is 5.56 Å². The Kier molecular flexibility index (Phi) is 5.29. The molecule has 1 aromatic heterocycles. The van der Waals surface area contributed by atoms with Crippen molar-refractivity contribution in [3.05, 3.63) is 78.4 Å². The van der Waals surface area contributed by atoms with E-state index in [9.17, 15) is 4.79 Å². The number of rotatable bonds is 4. The maximum Gasteiger partial charge on any atom is 0.242 e. The quantitative estimate of drug-likeness (QED) is 0.377. The number of fused-ring (bicyclic) bond motifs is 2. The van der Waals surface area contributed by atoms with Gasteiger partial charge in [0.2, 0.25) is 5.91 Å². The summed E-state index contributed by atoms with van der Waals surface area (Å²) in [6.45, 7) is 2.06. The van der Waals surface area contributed by atoms with Crippen molar-refractivity contribution in [1.82, 2.24) is 14.8 Å². The number of benzene rings is 3. The highest BCUT2D eigenvalue weighted by Gasteiger charge is 2.28. The lowest BCUT2D eigenvalue weighted by Gasteiger charge is -2.30. The lowest BCUT2D eigenvalue weighted by Crippen LogP contribution is -2.30. The molecule has 5 rings (SSSR count). The number of para-hydroxylation sites is 2. The molecule has 0 saturated carbocycles. The van der Waals surface area contributed by atoms with E-state index in [1.807, 2.05) is 71.1 Å². The monoisotopic (exact) mass is 444 g/mol. The molecule has 0 unspecified atom stereocenters. The fraction of sp³-hybridized carbons (Fsp3) is 0.125. The maximum atomic E-state index is 13.4. The van der Waals surface area contributed by atoms with Gasteiger partial charge in [-0.25, -0.2) is 0 Å². The highest BCUT2D eigenvalue weighted by atomic mass is 32.2. The largest absolute Gasteiger partial charge is 0.305 e. The smallest absolute Gasteiger partial charge is 0.242 e. The van der Waals surface area contributed by atoms with E-state index >= 15 is 0 Å². The van der Waals surface area contributed by atoms with Gasteiger partial charge in [-0.3, -0.25) is 9.69 Å². The fourth-order valence-corrected chi connectivity index (χ4v) is 5.48. The number of amides is 1. The van der Waals surface area contributed by atoms with Gasteiger partial charge in [0.1, 0.15) is 0 Å².